The molecule has 6 fully saturated rings. The Kier molecular flexibility index (Phi) is 9.10. The van der Waals surface area contributed by atoms with E-state index < -0.39 is 0 Å². The summed E-state index contributed by atoms with van der Waals surface area (Å²) in [7, 11) is 0. The minimum absolute atomic E-state index is 0.0310. The SMILES string of the molecule is C1CCN(C2(C3CCCCO3)SCCN(N3CCOCC3)C2(C2CCCCS2)N2CCNCC2)CC1. The second kappa shape index (κ2) is 12.3. The molecule has 6 rings (SSSR count). The van der Waals surface area contributed by atoms with Crippen molar-refractivity contribution < 1.29 is 9.47 Å². The predicted octanol–water partition coefficient (Wildman–Crippen LogP) is 2.92. The number of hydrazine groups is 1. The maximum absolute atomic E-state index is 6.96. The molecule has 9 heteroatoms. The van der Waals surface area contributed by atoms with Gasteiger partial charge < -0.3 is 14.8 Å². The van der Waals surface area contributed by atoms with Crippen LogP contribution in [0.4, 0.5) is 0 Å². The molecule has 1 N–H and O–H groups in total. The van der Waals surface area contributed by atoms with Gasteiger partial charge >= 0.3 is 0 Å². The summed E-state index contributed by atoms with van der Waals surface area (Å²) < 4.78 is 12.9. The molecule has 0 spiro atoms. The van der Waals surface area contributed by atoms with Gasteiger partial charge in [-0.1, -0.05) is 12.8 Å². The molecule has 0 amide bonds. The minimum Gasteiger partial charge on any atom is -0.379 e. The first-order chi connectivity index (χ1) is 17.9. The van der Waals surface area contributed by atoms with E-state index in [0.717, 1.165) is 65.6 Å². The highest BCUT2D eigenvalue weighted by Gasteiger charge is 2.70. The Morgan fingerprint density at radius 2 is 1.50 bits per heavy atom. The van der Waals surface area contributed by atoms with Crippen LogP contribution in [-0.4, -0.2) is 132 Å². The van der Waals surface area contributed by atoms with E-state index in [4.69, 9.17) is 9.47 Å². The molecular weight excluding hydrogens is 490 g/mol. The number of thioether (sulfide) groups is 2. The van der Waals surface area contributed by atoms with Crippen molar-refractivity contribution in [2.75, 3.05) is 90.2 Å². The number of nitrogens with one attached hydrogen (secondary N) is 1. The smallest absolute Gasteiger partial charge is 0.130 e. The quantitative estimate of drug-likeness (QED) is 0.568. The summed E-state index contributed by atoms with van der Waals surface area (Å²) in [6.07, 6.45) is 12.2. The minimum atomic E-state index is -0.0558. The molecule has 0 aromatic carbocycles. The first-order valence-electron chi connectivity index (χ1n) is 15.1. The molecule has 206 valence electrons. The van der Waals surface area contributed by atoms with Gasteiger partial charge in [0.2, 0.25) is 0 Å². The van der Waals surface area contributed by atoms with Gasteiger partial charge in [-0.05, 0) is 63.8 Å². The summed E-state index contributed by atoms with van der Waals surface area (Å²) in [6.45, 7) is 12.8. The lowest BCUT2D eigenvalue weighted by molar-refractivity contribution is -0.258. The van der Waals surface area contributed by atoms with Crippen molar-refractivity contribution in [3.8, 4) is 0 Å². The first kappa shape index (κ1) is 26.6. The number of likely N-dealkylation sites (tertiary alicyclic amines) is 1. The van der Waals surface area contributed by atoms with Gasteiger partial charge in [0.15, 0.2) is 0 Å². The molecule has 0 aliphatic carbocycles. The van der Waals surface area contributed by atoms with E-state index in [1.165, 1.54) is 82.4 Å². The van der Waals surface area contributed by atoms with E-state index in [1.807, 2.05) is 0 Å². The Labute approximate surface area is 227 Å². The van der Waals surface area contributed by atoms with E-state index in [1.54, 1.807) is 0 Å². The van der Waals surface area contributed by atoms with E-state index >= 15 is 0 Å². The van der Waals surface area contributed by atoms with E-state index in [-0.39, 0.29) is 10.5 Å². The maximum atomic E-state index is 6.96. The molecule has 0 saturated carbocycles. The van der Waals surface area contributed by atoms with Gasteiger partial charge in [-0.2, -0.15) is 11.8 Å². The lowest BCUT2D eigenvalue weighted by Gasteiger charge is -2.72. The lowest BCUT2D eigenvalue weighted by atomic mass is 9.80. The zero-order valence-corrected chi connectivity index (χ0v) is 24.0. The number of ether oxygens (including phenoxy) is 2. The topological polar surface area (TPSA) is 43.5 Å². The third-order valence-electron chi connectivity index (χ3n) is 9.54. The molecule has 6 aliphatic heterocycles. The Hall–Kier alpha value is 0.420. The summed E-state index contributed by atoms with van der Waals surface area (Å²) in [4.78, 5) is 5.94. The van der Waals surface area contributed by atoms with Crippen LogP contribution in [0.1, 0.15) is 57.8 Å². The number of nitrogens with zero attached hydrogens (tertiary/aromatic N) is 4. The molecule has 4 atom stereocenters. The maximum Gasteiger partial charge on any atom is 0.130 e. The molecule has 6 heterocycles. The lowest BCUT2D eigenvalue weighted by Crippen LogP contribution is -2.88. The Morgan fingerprint density at radius 1 is 0.694 bits per heavy atom. The van der Waals surface area contributed by atoms with Crippen LogP contribution in [0.2, 0.25) is 0 Å². The molecule has 0 radical (unpaired) electrons. The summed E-state index contributed by atoms with van der Waals surface area (Å²) in [5.41, 5.74) is -0.0558. The third-order valence-corrected chi connectivity index (χ3v) is 12.7. The molecule has 6 aliphatic rings. The van der Waals surface area contributed by atoms with Crippen molar-refractivity contribution in [3.05, 3.63) is 0 Å². The van der Waals surface area contributed by atoms with Crippen LogP contribution in [0.15, 0.2) is 0 Å². The van der Waals surface area contributed by atoms with Crippen LogP contribution in [0, 0.1) is 0 Å². The highest BCUT2D eigenvalue weighted by Crippen LogP contribution is 2.58. The number of hydrogen-bond donors (Lipinski definition) is 1. The number of piperazine rings is 1. The van der Waals surface area contributed by atoms with Gasteiger partial charge in [-0.15, -0.1) is 11.8 Å². The highest BCUT2D eigenvalue weighted by molar-refractivity contribution is 8.01. The summed E-state index contributed by atoms with van der Waals surface area (Å²) >= 11 is 4.61. The van der Waals surface area contributed by atoms with Crippen LogP contribution in [0.5, 0.6) is 0 Å². The van der Waals surface area contributed by atoms with Crippen molar-refractivity contribution >= 4 is 23.5 Å². The van der Waals surface area contributed by atoms with Gasteiger partial charge in [0.1, 0.15) is 10.5 Å². The zero-order valence-electron chi connectivity index (χ0n) is 22.3. The van der Waals surface area contributed by atoms with E-state index in [0.29, 0.717) is 11.4 Å². The molecule has 6 saturated heterocycles. The Morgan fingerprint density at radius 3 is 2.22 bits per heavy atom. The van der Waals surface area contributed by atoms with Crippen molar-refractivity contribution in [3.63, 3.8) is 0 Å². The van der Waals surface area contributed by atoms with E-state index in [2.05, 4.69) is 48.7 Å². The van der Waals surface area contributed by atoms with Crippen LogP contribution in [0.25, 0.3) is 0 Å². The van der Waals surface area contributed by atoms with Crippen LogP contribution in [0.3, 0.4) is 0 Å². The second-order valence-electron chi connectivity index (χ2n) is 11.5. The van der Waals surface area contributed by atoms with Gasteiger partial charge in [0.25, 0.3) is 0 Å². The van der Waals surface area contributed by atoms with Gasteiger partial charge in [-0.3, -0.25) is 9.80 Å². The first-order valence-corrected chi connectivity index (χ1v) is 17.1. The fourth-order valence-electron chi connectivity index (χ4n) is 8.09. The molecule has 0 aromatic heterocycles. The molecule has 4 unspecified atom stereocenters. The fraction of sp³-hybridized carbons (Fsp3) is 1.00. The zero-order chi connectivity index (χ0) is 24.3. The summed E-state index contributed by atoms with van der Waals surface area (Å²) in [6, 6.07) is 0. The number of morpholine rings is 1. The summed E-state index contributed by atoms with van der Waals surface area (Å²) in [5, 5.41) is 10.00. The average molecular weight is 540 g/mol. The van der Waals surface area contributed by atoms with E-state index in [9.17, 15) is 0 Å². The molecule has 7 nitrogen and oxygen atoms in total. The number of piperidine rings is 1. The van der Waals surface area contributed by atoms with Gasteiger partial charge in [0.05, 0.1) is 19.3 Å². The third kappa shape index (κ3) is 4.70. The van der Waals surface area contributed by atoms with Gasteiger partial charge in [0, 0.05) is 63.4 Å². The highest BCUT2D eigenvalue weighted by atomic mass is 32.2. The van der Waals surface area contributed by atoms with Crippen molar-refractivity contribution in [1.29, 1.82) is 0 Å². The normalized spacial score (nSPS) is 41.3. The Balaban J connectivity index is 1.54. The standard InChI is InChI=1S/C27H49N5O2S2/c1-4-12-30(13-5-1)27(24-8-2-6-19-34-24)26(25-9-3-7-22-35-25,29-14-10-28-11-15-29)32(18-23-36-27)31-16-20-33-21-17-31/h24-25,28H,1-23H2. The second-order valence-corrected chi connectivity index (χ2v) is 14.1. The largest absolute Gasteiger partial charge is 0.379 e. The fourth-order valence-corrected chi connectivity index (χ4v) is 11.7. The van der Waals surface area contributed by atoms with Crippen molar-refractivity contribution in [1.82, 2.24) is 25.1 Å². The molecule has 0 bridgehead atoms. The Bertz CT molecular complexity index is 652. The van der Waals surface area contributed by atoms with Crippen LogP contribution in [-0.2, 0) is 9.47 Å². The van der Waals surface area contributed by atoms with Crippen LogP contribution >= 0.6 is 23.5 Å². The average Bonchev–Trinajstić information content (AvgIpc) is 2.99. The number of rotatable bonds is 5. The van der Waals surface area contributed by atoms with Crippen molar-refractivity contribution in [2.45, 2.75) is 79.7 Å². The van der Waals surface area contributed by atoms with Crippen molar-refractivity contribution in [2.24, 2.45) is 0 Å². The monoisotopic (exact) mass is 539 g/mol. The summed E-state index contributed by atoms with van der Waals surface area (Å²) in [5.74, 6) is 2.50. The van der Waals surface area contributed by atoms with Gasteiger partial charge in [-0.25, -0.2) is 10.0 Å². The number of hydrogen-bond acceptors (Lipinski definition) is 9. The predicted molar refractivity (Wildman–Crippen MR) is 151 cm³/mol. The molecule has 36 heavy (non-hydrogen) atoms. The molecular formula is C27H49N5O2S2. The van der Waals surface area contributed by atoms with Crippen LogP contribution < -0.4 is 5.32 Å². The molecule has 0 aromatic rings.